The summed E-state index contributed by atoms with van der Waals surface area (Å²) in [4.78, 5) is 15.1. The van der Waals surface area contributed by atoms with Crippen molar-refractivity contribution in [3.63, 3.8) is 0 Å². The van der Waals surface area contributed by atoms with Crippen molar-refractivity contribution < 1.29 is 9.32 Å². The third kappa shape index (κ3) is 3.93. The lowest BCUT2D eigenvalue weighted by Gasteiger charge is -2.33. The van der Waals surface area contributed by atoms with E-state index in [1.807, 2.05) is 0 Å². The van der Waals surface area contributed by atoms with E-state index in [0.717, 1.165) is 37.8 Å². The van der Waals surface area contributed by atoms with Crippen LogP contribution in [0.3, 0.4) is 0 Å². The summed E-state index contributed by atoms with van der Waals surface area (Å²) in [5.74, 6) is 0.395. The Morgan fingerprint density at radius 1 is 1.22 bits per heavy atom. The quantitative estimate of drug-likeness (QED) is 0.894. The molecule has 7 heteroatoms. The number of nitrogens with zero attached hydrogens (tertiary/aromatic N) is 4. The van der Waals surface area contributed by atoms with Gasteiger partial charge in [0.05, 0.1) is 23.6 Å². The molecule has 0 saturated heterocycles. The first-order valence-corrected chi connectivity index (χ1v) is 10.1. The number of hydrogen-bond donors (Lipinski definition) is 1. The zero-order valence-electron chi connectivity index (χ0n) is 16.3. The lowest BCUT2D eigenvalue weighted by atomic mass is 9.94. The highest BCUT2D eigenvalue weighted by Gasteiger charge is 2.25. The average molecular weight is 371 g/mol. The molecule has 0 aromatic carbocycles. The molecular weight excluding hydrogens is 342 g/mol. The molecule has 146 valence electrons. The Morgan fingerprint density at radius 3 is 2.78 bits per heavy atom. The molecule has 1 N–H and O–H groups in total. The van der Waals surface area contributed by atoms with Crippen molar-refractivity contribution >= 4 is 5.91 Å². The SMILES string of the molecule is Cc1noc(C)c1C(=O)NCc1cc2n(n1)CCCN(C1CCCCC1)C2. The van der Waals surface area contributed by atoms with Crippen LogP contribution in [0.1, 0.15) is 71.7 Å². The molecule has 0 spiro atoms. The van der Waals surface area contributed by atoms with Crippen molar-refractivity contribution in [1.82, 2.24) is 25.2 Å². The fourth-order valence-corrected chi connectivity index (χ4v) is 4.46. The lowest BCUT2D eigenvalue weighted by molar-refractivity contribution is 0.0948. The van der Waals surface area contributed by atoms with E-state index >= 15 is 0 Å². The number of rotatable bonds is 4. The first-order valence-electron chi connectivity index (χ1n) is 10.1. The zero-order valence-corrected chi connectivity index (χ0v) is 16.3. The second-order valence-corrected chi connectivity index (χ2v) is 7.85. The van der Waals surface area contributed by atoms with E-state index in [1.54, 1.807) is 13.8 Å². The Balaban J connectivity index is 1.41. The van der Waals surface area contributed by atoms with E-state index < -0.39 is 0 Å². The van der Waals surface area contributed by atoms with Crippen molar-refractivity contribution in [2.75, 3.05) is 6.54 Å². The van der Waals surface area contributed by atoms with Gasteiger partial charge in [-0.3, -0.25) is 14.4 Å². The molecule has 1 amide bonds. The number of nitrogens with one attached hydrogen (secondary N) is 1. The Bertz CT molecular complexity index is 784. The van der Waals surface area contributed by atoms with Crippen LogP contribution in [0.25, 0.3) is 0 Å². The molecule has 7 nitrogen and oxygen atoms in total. The zero-order chi connectivity index (χ0) is 18.8. The van der Waals surface area contributed by atoms with Crippen LogP contribution in [0.4, 0.5) is 0 Å². The molecule has 1 fully saturated rings. The van der Waals surface area contributed by atoms with Gasteiger partial charge in [0.25, 0.3) is 5.91 Å². The van der Waals surface area contributed by atoms with Gasteiger partial charge in [-0.05, 0) is 39.2 Å². The molecule has 1 saturated carbocycles. The van der Waals surface area contributed by atoms with E-state index in [9.17, 15) is 4.79 Å². The average Bonchev–Trinajstić information content (AvgIpc) is 3.15. The maximum atomic E-state index is 12.4. The van der Waals surface area contributed by atoms with Crippen LogP contribution in [0.2, 0.25) is 0 Å². The largest absolute Gasteiger partial charge is 0.361 e. The number of carbonyl (C=O) groups is 1. The highest BCUT2D eigenvalue weighted by atomic mass is 16.5. The monoisotopic (exact) mass is 371 g/mol. The molecular formula is C20H29N5O2. The van der Waals surface area contributed by atoms with Gasteiger partial charge in [-0.15, -0.1) is 0 Å². The van der Waals surface area contributed by atoms with Crippen LogP contribution < -0.4 is 5.32 Å². The second kappa shape index (κ2) is 7.84. The molecule has 0 unspecified atom stereocenters. The number of amides is 1. The van der Waals surface area contributed by atoms with Crippen molar-refractivity contribution in [3.05, 3.63) is 34.5 Å². The normalized spacial score (nSPS) is 18.9. The summed E-state index contributed by atoms with van der Waals surface area (Å²) in [5.41, 5.74) is 3.32. The first kappa shape index (κ1) is 18.2. The van der Waals surface area contributed by atoms with Gasteiger partial charge >= 0.3 is 0 Å². The van der Waals surface area contributed by atoms with Crippen LogP contribution in [-0.4, -0.2) is 38.3 Å². The fourth-order valence-electron chi connectivity index (χ4n) is 4.46. The molecule has 1 aliphatic carbocycles. The Labute approximate surface area is 160 Å². The molecule has 2 aromatic rings. The predicted octanol–water partition coefficient (Wildman–Crippen LogP) is 2.96. The lowest BCUT2D eigenvalue weighted by Crippen LogP contribution is -2.36. The van der Waals surface area contributed by atoms with Gasteiger partial charge in [-0.1, -0.05) is 24.4 Å². The summed E-state index contributed by atoms with van der Waals surface area (Å²) < 4.78 is 7.21. The van der Waals surface area contributed by atoms with Gasteiger partial charge in [0.2, 0.25) is 0 Å². The standard InChI is InChI=1S/C20H29N5O2/c1-14-19(15(2)27-23-14)20(26)21-12-16-11-18-13-24(9-6-10-25(18)22-16)17-7-4-3-5-8-17/h11,17H,3-10,12-13H2,1-2H3,(H,21,26). The van der Waals surface area contributed by atoms with Crippen LogP contribution >= 0.6 is 0 Å². The van der Waals surface area contributed by atoms with Gasteiger partial charge in [0.1, 0.15) is 11.3 Å². The molecule has 4 rings (SSSR count). The van der Waals surface area contributed by atoms with E-state index in [-0.39, 0.29) is 5.91 Å². The second-order valence-electron chi connectivity index (χ2n) is 7.85. The number of aromatic nitrogens is 3. The third-order valence-electron chi connectivity index (χ3n) is 5.88. The minimum absolute atomic E-state index is 0.154. The summed E-state index contributed by atoms with van der Waals surface area (Å²) in [6, 6.07) is 2.87. The van der Waals surface area contributed by atoms with Crippen molar-refractivity contribution in [2.24, 2.45) is 0 Å². The third-order valence-corrected chi connectivity index (χ3v) is 5.88. The predicted molar refractivity (Wildman–Crippen MR) is 101 cm³/mol. The van der Waals surface area contributed by atoms with Gasteiger partial charge in [0.15, 0.2) is 0 Å². The smallest absolute Gasteiger partial charge is 0.257 e. The highest BCUT2D eigenvalue weighted by molar-refractivity contribution is 5.95. The van der Waals surface area contributed by atoms with Gasteiger partial charge < -0.3 is 9.84 Å². The van der Waals surface area contributed by atoms with Gasteiger partial charge in [0, 0.05) is 25.7 Å². The fraction of sp³-hybridized carbons (Fsp3) is 0.650. The van der Waals surface area contributed by atoms with E-state index in [0.29, 0.717) is 23.6 Å². The topological polar surface area (TPSA) is 76.2 Å². The summed E-state index contributed by atoms with van der Waals surface area (Å²) in [6.07, 6.45) is 7.90. The maximum Gasteiger partial charge on any atom is 0.257 e. The van der Waals surface area contributed by atoms with Crippen LogP contribution in [0.15, 0.2) is 10.6 Å². The summed E-state index contributed by atoms with van der Waals surface area (Å²) in [7, 11) is 0. The minimum Gasteiger partial charge on any atom is -0.361 e. The van der Waals surface area contributed by atoms with Gasteiger partial charge in [-0.25, -0.2) is 0 Å². The van der Waals surface area contributed by atoms with Crippen LogP contribution in [-0.2, 0) is 19.6 Å². The summed E-state index contributed by atoms with van der Waals surface area (Å²) in [5, 5.41) is 11.5. The molecule has 2 aromatic heterocycles. The van der Waals surface area contributed by atoms with Crippen LogP contribution in [0.5, 0.6) is 0 Å². The molecule has 27 heavy (non-hydrogen) atoms. The van der Waals surface area contributed by atoms with E-state index in [4.69, 9.17) is 9.62 Å². The Morgan fingerprint density at radius 2 is 2.04 bits per heavy atom. The molecule has 0 atom stereocenters. The number of carbonyl (C=O) groups excluding carboxylic acids is 1. The molecule has 1 aliphatic heterocycles. The molecule has 2 aliphatic rings. The van der Waals surface area contributed by atoms with Crippen molar-refractivity contribution in [3.8, 4) is 0 Å². The molecule has 3 heterocycles. The number of aryl methyl sites for hydroxylation is 3. The Kier molecular flexibility index (Phi) is 5.29. The summed E-state index contributed by atoms with van der Waals surface area (Å²) >= 11 is 0. The van der Waals surface area contributed by atoms with Crippen LogP contribution in [0, 0.1) is 13.8 Å². The molecule has 0 radical (unpaired) electrons. The van der Waals surface area contributed by atoms with E-state index in [1.165, 1.54) is 37.8 Å². The maximum absolute atomic E-state index is 12.4. The van der Waals surface area contributed by atoms with Gasteiger partial charge in [-0.2, -0.15) is 5.10 Å². The van der Waals surface area contributed by atoms with E-state index in [2.05, 4.69) is 26.1 Å². The molecule has 0 bridgehead atoms. The first-order chi connectivity index (χ1) is 13.1. The minimum atomic E-state index is -0.154. The van der Waals surface area contributed by atoms with Crippen molar-refractivity contribution in [1.29, 1.82) is 0 Å². The number of hydrogen-bond acceptors (Lipinski definition) is 5. The number of fused-ring (bicyclic) bond motifs is 1. The van der Waals surface area contributed by atoms with Crippen molar-refractivity contribution in [2.45, 2.75) is 78.0 Å². The summed E-state index contributed by atoms with van der Waals surface area (Å²) in [6.45, 7) is 7.04. The highest BCUT2D eigenvalue weighted by Crippen LogP contribution is 2.26. The Hall–Kier alpha value is -2.15.